The number of hydrogen-bond acceptors (Lipinski definition) is 6. The maximum atomic E-state index is 12.9. The van der Waals surface area contributed by atoms with Crippen LogP contribution in [0.4, 0.5) is 11.4 Å². The second-order valence-electron chi connectivity index (χ2n) is 7.76. The molecule has 33 heavy (non-hydrogen) atoms. The number of phenolic OH excluding ortho intramolecular Hbond substituents is 1. The molecule has 166 valence electrons. The Morgan fingerprint density at radius 2 is 1.64 bits per heavy atom. The highest BCUT2D eigenvalue weighted by Crippen LogP contribution is 2.30. The Balaban J connectivity index is 1.58. The SMILES string of the molecule is CC1=NN(c2ccc(C)c(C)c2)C(=O)/C1=N\Nc1cc(-c2ccc(C(=O)O)cc2)ccc1O. The molecule has 1 heterocycles. The minimum Gasteiger partial charge on any atom is -0.506 e. The number of anilines is 2. The molecule has 0 saturated heterocycles. The summed E-state index contributed by atoms with van der Waals surface area (Å²) in [5.74, 6) is -1.42. The van der Waals surface area contributed by atoms with Crippen LogP contribution in [0.1, 0.15) is 28.4 Å². The molecule has 1 aliphatic heterocycles. The van der Waals surface area contributed by atoms with E-state index in [1.165, 1.54) is 23.2 Å². The Morgan fingerprint density at radius 3 is 2.30 bits per heavy atom. The van der Waals surface area contributed by atoms with E-state index < -0.39 is 5.97 Å². The monoisotopic (exact) mass is 442 g/mol. The lowest BCUT2D eigenvalue weighted by atomic mass is 10.0. The molecule has 4 rings (SSSR count). The second-order valence-corrected chi connectivity index (χ2v) is 7.76. The largest absolute Gasteiger partial charge is 0.506 e. The van der Waals surface area contributed by atoms with Crippen molar-refractivity contribution in [1.29, 1.82) is 0 Å². The molecule has 3 N–H and O–H groups in total. The quantitative estimate of drug-likeness (QED) is 0.396. The van der Waals surface area contributed by atoms with Gasteiger partial charge in [0.2, 0.25) is 0 Å². The van der Waals surface area contributed by atoms with Gasteiger partial charge in [-0.2, -0.15) is 15.2 Å². The number of aryl methyl sites for hydroxylation is 2. The summed E-state index contributed by atoms with van der Waals surface area (Å²) in [6.45, 7) is 5.66. The van der Waals surface area contributed by atoms with E-state index in [2.05, 4.69) is 15.6 Å². The van der Waals surface area contributed by atoms with Crippen molar-refractivity contribution in [3.63, 3.8) is 0 Å². The molecule has 3 aromatic rings. The Labute approximate surface area is 190 Å². The first-order valence-electron chi connectivity index (χ1n) is 10.2. The predicted molar refractivity (Wildman–Crippen MR) is 128 cm³/mol. The van der Waals surface area contributed by atoms with Crippen LogP contribution in [-0.4, -0.2) is 33.5 Å². The van der Waals surface area contributed by atoms with Gasteiger partial charge in [-0.3, -0.25) is 10.2 Å². The van der Waals surface area contributed by atoms with Crippen molar-refractivity contribution < 1.29 is 19.8 Å². The van der Waals surface area contributed by atoms with E-state index in [9.17, 15) is 14.7 Å². The number of hydrogen-bond donors (Lipinski definition) is 3. The van der Waals surface area contributed by atoms with Crippen LogP contribution in [0, 0.1) is 13.8 Å². The maximum absolute atomic E-state index is 12.9. The van der Waals surface area contributed by atoms with E-state index >= 15 is 0 Å². The lowest BCUT2D eigenvalue weighted by Crippen LogP contribution is -2.28. The molecule has 8 heteroatoms. The number of aromatic hydroxyl groups is 1. The number of rotatable bonds is 5. The van der Waals surface area contributed by atoms with Crippen molar-refractivity contribution in [3.05, 3.63) is 77.4 Å². The van der Waals surface area contributed by atoms with Gasteiger partial charge >= 0.3 is 11.9 Å². The maximum Gasteiger partial charge on any atom is 0.335 e. The molecule has 0 radical (unpaired) electrons. The number of nitrogens with zero attached hydrogens (tertiary/aromatic N) is 3. The number of carboxylic acids is 1. The summed E-state index contributed by atoms with van der Waals surface area (Å²) in [6, 6.07) is 16.9. The van der Waals surface area contributed by atoms with Crippen molar-refractivity contribution in [2.24, 2.45) is 10.2 Å². The number of nitrogens with one attached hydrogen (secondary N) is 1. The van der Waals surface area contributed by atoms with Gasteiger partial charge in [0, 0.05) is 0 Å². The molecule has 0 atom stereocenters. The molecule has 0 aromatic heterocycles. The minimum atomic E-state index is -1.00. The summed E-state index contributed by atoms with van der Waals surface area (Å²) in [6.07, 6.45) is 0. The molecule has 0 saturated carbocycles. The van der Waals surface area contributed by atoms with Crippen molar-refractivity contribution in [2.45, 2.75) is 20.8 Å². The van der Waals surface area contributed by atoms with Crippen LogP contribution in [0.5, 0.6) is 5.75 Å². The van der Waals surface area contributed by atoms with Gasteiger partial charge in [0.15, 0.2) is 5.71 Å². The number of amides is 1. The molecule has 0 spiro atoms. The van der Waals surface area contributed by atoms with Gasteiger partial charge in [0.25, 0.3) is 0 Å². The molecule has 0 bridgehead atoms. The highest BCUT2D eigenvalue weighted by Gasteiger charge is 2.31. The molecular weight excluding hydrogens is 420 g/mol. The lowest BCUT2D eigenvalue weighted by Gasteiger charge is -2.13. The van der Waals surface area contributed by atoms with Gasteiger partial charge in [0.05, 0.1) is 22.6 Å². The Morgan fingerprint density at radius 1 is 0.939 bits per heavy atom. The lowest BCUT2D eigenvalue weighted by molar-refractivity contribution is -0.112. The van der Waals surface area contributed by atoms with E-state index in [4.69, 9.17) is 5.11 Å². The summed E-state index contributed by atoms with van der Waals surface area (Å²) in [5, 5.41) is 29.2. The van der Waals surface area contributed by atoms with Crippen molar-refractivity contribution >= 4 is 34.7 Å². The van der Waals surface area contributed by atoms with Crippen LogP contribution in [0.15, 0.2) is 70.9 Å². The van der Waals surface area contributed by atoms with Gasteiger partial charge < -0.3 is 10.2 Å². The molecule has 0 fully saturated rings. The number of benzene rings is 3. The topological polar surface area (TPSA) is 115 Å². The minimum absolute atomic E-state index is 0.0451. The molecule has 1 aliphatic rings. The van der Waals surface area contributed by atoms with Crippen LogP contribution in [-0.2, 0) is 4.79 Å². The number of carbonyl (C=O) groups excluding carboxylic acids is 1. The average molecular weight is 442 g/mol. The van der Waals surface area contributed by atoms with Crippen LogP contribution in [0.2, 0.25) is 0 Å². The van der Waals surface area contributed by atoms with Gasteiger partial charge in [-0.15, -0.1) is 0 Å². The molecule has 8 nitrogen and oxygen atoms in total. The number of carbonyl (C=O) groups is 2. The van der Waals surface area contributed by atoms with Gasteiger partial charge in [0.1, 0.15) is 5.75 Å². The summed E-state index contributed by atoms with van der Waals surface area (Å²) in [7, 11) is 0. The molecule has 3 aromatic carbocycles. The predicted octanol–water partition coefficient (Wildman–Crippen LogP) is 4.56. The van der Waals surface area contributed by atoms with Gasteiger partial charge in [-0.05, 0) is 79.4 Å². The van der Waals surface area contributed by atoms with Crippen LogP contribution in [0.25, 0.3) is 11.1 Å². The zero-order valence-electron chi connectivity index (χ0n) is 18.3. The van der Waals surface area contributed by atoms with E-state index in [1.807, 2.05) is 32.0 Å². The smallest absolute Gasteiger partial charge is 0.335 e. The van der Waals surface area contributed by atoms with Crippen molar-refractivity contribution in [1.82, 2.24) is 0 Å². The zero-order chi connectivity index (χ0) is 23.7. The standard InChI is InChI=1S/C25H22N4O4/c1-14-4-10-20(12-15(14)2)29-24(31)23(16(3)28-29)27-26-21-13-19(9-11-22(21)30)17-5-7-18(8-6-17)25(32)33/h4-13,26,30H,1-3H3,(H,32,33)/b27-23-. The van der Waals surface area contributed by atoms with E-state index in [0.29, 0.717) is 17.1 Å². The van der Waals surface area contributed by atoms with Crippen LogP contribution < -0.4 is 10.4 Å². The van der Waals surface area contributed by atoms with Crippen molar-refractivity contribution in [3.8, 4) is 16.9 Å². The fraction of sp³-hybridized carbons (Fsp3) is 0.120. The summed E-state index contributed by atoms with van der Waals surface area (Å²) >= 11 is 0. The highest BCUT2D eigenvalue weighted by molar-refractivity contribution is 6.71. The van der Waals surface area contributed by atoms with E-state index in [-0.39, 0.29) is 22.9 Å². The van der Waals surface area contributed by atoms with Gasteiger partial charge in [-0.1, -0.05) is 24.3 Å². The van der Waals surface area contributed by atoms with Crippen LogP contribution >= 0.6 is 0 Å². The average Bonchev–Trinajstić information content (AvgIpc) is 3.08. The first-order valence-corrected chi connectivity index (χ1v) is 10.2. The summed E-state index contributed by atoms with van der Waals surface area (Å²) < 4.78 is 0. The molecule has 1 amide bonds. The number of phenols is 1. The Kier molecular flexibility index (Phi) is 5.66. The fourth-order valence-corrected chi connectivity index (χ4v) is 3.39. The zero-order valence-corrected chi connectivity index (χ0v) is 18.3. The third-order valence-corrected chi connectivity index (χ3v) is 5.47. The third kappa shape index (κ3) is 4.31. The Bertz CT molecular complexity index is 1330. The van der Waals surface area contributed by atoms with Gasteiger partial charge in [-0.25, -0.2) is 4.79 Å². The molecular formula is C25H22N4O4. The summed E-state index contributed by atoms with van der Waals surface area (Å²) in [5.41, 5.74) is 8.18. The molecule has 0 unspecified atom stereocenters. The third-order valence-electron chi connectivity index (χ3n) is 5.47. The number of carboxylic acid groups (broad SMARTS) is 1. The number of hydrazone groups is 2. The normalized spacial score (nSPS) is 14.5. The first kappa shape index (κ1) is 21.8. The summed E-state index contributed by atoms with van der Waals surface area (Å²) in [4.78, 5) is 24.0. The second kappa shape index (κ2) is 8.58. The fourth-order valence-electron chi connectivity index (χ4n) is 3.39. The van der Waals surface area contributed by atoms with E-state index in [0.717, 1.165) is 22.3 Å². The van der Waals surface area contributed by atoms with E-state index in [1.54, 1.807) is 31.2 Å². The van der Waals surface area contributed by atoms with Crippen LogP contribution in [0.3, 0.4) is 0 Å². The number of aromatic carboxylic acids is 1. The van der Waals surface area contributed by atoms with Crippen molar-refractivity contribution in [2.75, 3.05) is 10.4 Å². The Hall–Kier alpha value is -4.46. The highest BCUT2D eigenvalue weighted by atomic mass is 16.4. The molecule has 0 aliphatic carbocycles. The first-order chi connectivity index (χ1) is 15.7.